The first-order chi connectivity index (χ1) is 19.8. The van der Waals surface area contributed by atoms with Gasteiger partial charge in [0.1, 0.15) is 18.0 Å². The first kappa shape index (κ1) is 34.5. The number of aromatic nitrogens is 2. The van der Waals surface area contributed by atoms with E-state index in [-0.39, 0.29) is 36.6 Å². The van der Waals surface area contributed by atoms with Crippen molar-refractivity contribution in [1.82, 2.24) is 14.5 Å². The molecule has 2 aromatic carbocycles. The van der Waals surface area contributed by atoms with Gasteiger partial charge in [-0.3, -0.25) is 23.2 Å². The highest BCUT2D eigenvalue weighted by Crippen LogP contribution is 2.48. The lowest BCUT2D eigenvalue weighted by molar-refractivity contribution is -0.135. The van der Waals surface area contributed by atoms with Gasteiger partial charge in [-0.05, 0) is 43.4 Å². The smallest absolute Gasteiger partial charge is 0.473 e. The molecule has 3 aromatic rings. The third kappa shape index (κ3) is 10.00. The molecule has 0 aliphatic heterocycles. The molecule has 0 saturated heterocycles. The maximum Gasteiger partial charge on any atom is 0.473 e. The summed E-state index contributed by atoms with van der Waals surface area (Å²) in [4.78, 5) is 44.5. The summed E-state index contributed by atoms with van der Waals surface area (Å²) in [5, 5.41) is 0. The van der Waals surface area contributed by atoms with E-state index in [9.17, 15) is 19.0 Å². The maximum atomic E-state index is 14.0. The van der Waals surface area contributed by atoms with Gasteiger partial charge in [-0.1, -0.05) is 71.9 Å². The molecule has 0 fully saturated rings. The normalized spacial score (nSPS) is 14.0. The molecule has 236 valence electrons. The molecular weight excluding hydrogens is 569 g/mol. The Hall–Kier alpha value is -3.04. The minimum absolute atomic E-state index is 0.00558. The Morgan fingerprint density at radius 2 is 1.67 bits per heavy atom. The van der Waals surface area contributed by atoms with Crippen molar-refractivity contribution in [3.63, 3.8) is 0 Å². The van der Waals surface area contributed by atoms with Crippen LogP contribution >= 0.6 is 7.82 Å². The Balaban J connectivity index is 1.93. The van der Waals surface area contributed by atoms with E-state index in [2.05, 4.69) is 25.8 Å². The third-order valence-electron chi connectivity index (χ3n) is 6.81. The number of hydrogen-bond donors (Lipinski definition) is 1. The lowest BCUT2D eigenvalue weighted by atomic mass is 9.92. The summed E-state index contributed by atoms with van der Waals surface area (Å²) in [6, 6.07) is 14.3. The van der Waals surface area contributed by atoms with Gasteiger partial charge in [0.15, 0.2) is 0 Å². The van der Waals surface area contributed by atoms with Gasteiger partial charge in [0.25, 0.3) is 5.56 Å². The molecule has 1 heterocycles. The molecule has 10 nitrogen and oxygen atoms in total. The zero-order valence-corrected chi connectivity index (χ0v) is 27.7. The van der Waals surface area contributed by atoms with E-state index in [0.29, 0.717) is 35.4 Å². The number of carbonyl (C=O) groups is 1. The minimum atomic E-state index is -4.47. The number of benzene rings is 2. The van der Waals surface area contributed by atoms with Crippen LogP contribution in [0.2, 0.25) is 0 Å². The van der Waals surface area contributed by atoms with Gasteiger partial charge in [0.2, 0.25) is 5.91 Å². The highest BCUT2D eigenvalue weighted by atomic mass is 31.2. The van der Waals surface area contributed by atoms with E-state index >= 15 is 0 Å². The van der Waals surface area contributed by atoms with Crippen LogP contribution in [0.3, 0.4) is 0 Å². The van der Waals surface area contributed by atoms with Gasteiger partial charge in [-0.25, -0.2) is 9.55 Å². The number of fused-ring (bicyclic) bond motifs is 1. The predicted octanol–water partition coefficient (Wildman–Crippen LogP) is 6.08. The summed E-state index contributed by atoms with van der Waals surface area (Å²) in [5.74, 6) is 0.197. The molecular formula is C32H46N3O7P. The summed E-state index contributed by atoms with van der Waals surface area (Å²) in [6.07, 6.45) is 0.656. The number of carbonyl (C=O) groups excluding carboxylic acids is 1. The quantitative estimate of drug-likeness (QED) is 0.244. The van der Waals surface area contributed by atoms with Crippen LogP contribution in [0.25, 0.3) is 11.0 Å². The van der Waals surface area contributed by atoms with Gasteiger partial charge >= 0.3 is 7.82 Å². The highest BCUT2D eigenvalue weighted by molar-refractivity contribution is 7.47. The second-order valence-electron chi connectivity index (χ2n) is 13.7. The first-order valence-electron chi connectivity index (χ1n) is 14.4. The minimum Gasteiger partial charge on any atom is -0.497 e. The van der Waals surface area contributed by atoms with Crippen molar-refractivity contribution in [2.75, 3.05) is 20.2 Å². The standard InChI is InChI=1S/C32H46N3O7P/c1-30(2,3)17-18-34(22-32(7,8)42-43(38,39)41-21-23-13-11-10-12-14-23)27(36)20-35-26-19-24(40-9)15-16-25(26)33-28(29(35)37)31(4,5)6/h10-16,19H,17-18,20-22H2,1-9H3,(H,38,39). The van der Waals surface area contributed by atoms with E-state index in [0.717, 1.165) is 5.56 Å². The molecule has 1 aromatic heterocycles. The monoisotopic (exact) mass is 615 g/mol. The largest absolute Gasteiger partial charge is 0.497 e. The number of ether oxygens (including phenoxy) is 1. The van der Waals surface area contributed by atoms with Crippen LogP contribution in [0, 0.1) is 5.41 Å². The Labute approximate surface area is 254 Å². The predicted molar refractivity (Wildman–Crippen MR) is 168 cm³/mol. The van der Waals surface area contributed by atoms with Gasteiger partial charge < -0.3 is 14.5 Å². The Bertz CT molecular complexity index is 1520. The fourth-order valence-electron chi connectivity index (χ4n) is 4.55. The third-order valence-corrected chi connectivity index (χ3v) is 7.99. The molecule has 1 unspecified atom stereocenters. The van der Waals surface area contributed by atoms with Gasteiger partial charge in [0, 0.05) is 24.6 Å². The molecule has 1 atom stereocenters. The molecule has 43 heavy (non-hydrogen) atoms. The van der Waals surface area contributed by atoms with Crippen molar-refractivity contribution < 1.29 is 28.0 Å². The highest BCUT2D eigenvalue weighted by Gasteiger charge is 2.35. The number of nitrogens with zero attached hydrogens (tertiary/aromatic N) is 3. The lowest BCUT2D eigenvalue weighted by Crippen LogP contribution is -2.47. The average Bonchev–Trinajstić information content (AvgIpc) is 2.89. The van der Waals surface area contributed by atoms with Gasteiger partial charge in [-0.2, -0.15) is 0 Å². The summed E-state index contributed by atoms with van der Waals surface area (Å²) >= 11 is 0. The second-order valence-corrected chi connectivity index (χ2v) is 15.0. The summed E-state index contributed by atoms with van der Waals surface area (Å²) in [5.41, 5.74) is -0.143. The van der Waals surface area contributed by atoms with Crippen molar-refractivity contribution >= 4 is 24.8 Å². The fraction of sp³-hybridized carbons (Fsp3) is 0.531. The van der Waals surface area contributed by atoms with Crippen molar-refractivity contribution in [3.05, 3.63) is 70.1 Å². The zero-order valence-electron chi connectivity index (χ0n) is 26.8. The van der Waals surface area contributed by atoms with Crippen molar-refractivity contribution in [1.29, 1.82) is 0 Å². The first-order valence-corrected chi connectivity index (χ1v) is 15.9. The van der Waals surface area contributed by atoms with E-state index in [4.69, 9.17) is 13.8 Å². The zero-order chi connectivity index (χ0) is 32.2. The average molecular weight is 616 g/mol. The molecule has 3 rings (SSSR count). The van der Waals surface area contributed by atoms with Crippen molar-refractivity contribution in [3.8, 4) is 5.75 Å². The van der Waals surface area contributed by atoms with Crippen LogP contribution in [-0.4, -0.2) is 51.1 Å². The number of rotatable bonds is 12. The van der Waals surface area contributed by atoms with Gasteiger partial charge in [0.05, 0.1) is 30.4 Å². The molecule has 0 aliphatic rings. The van der Waals surface area contributed by atoms with Crippen molar-refractivity contribution in [2.45, 2.75) is 86.0 Å². The summed E-state index contributed by atoms with van der Waals surface area (Å²) in [7, 11) is -2.94. The molecule has 1 amide bonds. The Morgan fingerprint density at radius 3 is 2.26 bits per heavy atom. The molecule has 0 bridgehead atoms. The molecule has 1 N–H and O–H groups in total. The van der Waals surface area contributed by atoms with Crippen LogP contribution < -0.4 is 10.3 Å². The molecule has 11 heteroatoms. The second kappa shape index (κ2) is 13.3. The topological polar surface area (TPSA) is 120 Å². The lowest BCUT2D eigenvalue weighted by Gasteiger charge is -2.35. The number of phosphoric ester groups is 1. The van der Waals surface area contributed by atoms with Crippen molar-refractivity contribution in [2.24, 2.45) is 5.41 Å². The SMILES string of the molecule is COc1ccc2nc(C(C)(C)C)c(=O)n(CC(=O)N(CCC(C)(C)C)CC(C)(C)OP(=O)(O)OCc3ccccc3)c2c1. The Morgan fingerprint density at radius 1 is 1.02 bits per heavy atom. The van der Waals surface area contributed by atoms with Crippen LogP contribution in [0.15, 0.2) is 53.3 Å². The number of methoxy groups -OCH3 is 1. The van der Waals surface area contributed by atoms with Gasteiger partial charge in [-0.15, -0.1) is 0 Å². The van der Waals surface area contributed by atoms with Crippen LogP contribution in [0.1, 0.15) is 73.1 Å². The molecule has 0 aliphatic carbocycles. The van der Waals surface area contributed by atoms with Crippen LogP contribution in [0.4, 0.5) is 0 Å². The number of phosphoric acid groups is 1. The fourth-order valence-corrected chi connectivity index (χ4v) is 5.59. The van der Waals surface area contributed by atoms with E-state index in [1.165, 1.54) is 11.7 Å². The summed E-state index contributed by atoms with van der Waals surface area (Å²) in [6.45, 7) is 15.2. The van der Waals surface area contributed by atoms with Crippen LogP contribution in [0.5, 0.6) is 5.75 Å². The van der Waals surface area contributed by atoms with Crippen LogP contribution in [-0.2, 0) is 37.0 Å². The van der Waals surface area contributed by atoms with E-state index in [1.54, 1.807) is 49.1 Å². The number of amides is 1. The maximum absolute atomic E-state index is 14.0. The van der Waals surface area contributed by atoms with E-state index < -0.39 is 18.8 Å². The van der Waals surface area contributed by atoms with E-state index in [1.807, 2.05) is 39.0 Å². The molecule has 0 radical (unpaired) electrons. The summed E-state index contributed by atoms with van der Waals surface area (Å²) < 4.78 is 30.6. The Kier molecular flexibility index (Phi) is 10.7. The molecule has 0 spiro atoms. The molecule has 0 saturated carbocycles. The number of hydrogen-bond acceptors (Lipinski definition) is 7.